The summed E-state index contributed by atoms with van der Waals surface area (Å²) in [5.74, 6) is 0.966. The summed E-state index contributed by atoms with van der Waals surface area (Å²) in [6.07, 6.45) is 5.05. The first-order valence-corrected chi connectivity index (χ1v) is 5.56. The molecular formula is C12H20N2O. The second-order valence-electron chi connectivity index (χ2n) is 3.58. The van der Waals surface area contributed by atoms with Gasteiger partial charge in [-0.05, 0) is 26.0 Å². The molecule has 1 aliphatic heterocycles. The lowest BCUT2D eigenvalue weighted by atomic mass is 10.0. The van der Waals surface area contributed by atoms with E-state index in [0.717, 1.165) is 30.8 Å². The largest absolute Gasteiger partial charge is 0.356 e. The first-order valence-electron chi connectivity index (χ1n) is 5.56. The highest BCUT2D eigenvalue weighted by Gasteiger charge is 2.14. The molecule has 2 rings (SSSR count). The van der Waals surface area contributed by atoms with E-state index in [-0.39, 0.29) is 0 Å². The van der Waals surface area contributed by atoms with Gasteiger partial charge in [-0.2, -0.15) is 0 Å². The fraction of sp³-hybridized carbons (Fsp3) is 0.583. The van der Waals surface area contributed by atoms with Gasteiger partial charge in [0.1, 0.15) is 0 Å². The molecule has 2 heterocycles. The van der Waals surface area contributed by atoms with Crippen molar-refractivity contribution in [3.8, 4) is 0 Å². The van der Waals surface area contributed by atoms with E-state index in [4.69, 9.17) is 4.52 Å². The minimum Gasteiger partial charge on any atom is -0.356 e. The average molecular weight is 208 g/mol. The molecule has 0 unspecified atom stereocenters. The van der Waals surface area contributed by atoms with E-state index < -0.39 is 0 Å². The molecule has 3 nitrogen and oxygen atoms in total. The summed E-state index contributed by atoms with van der Waals surface area (Å²) < 4.78 is 5.20. The molecule has 0 radical (unpaired) electrons. The van der Waals surface area contributed by atoms with Gasteiger partial charge in [0, 0.05) is 18.7 Å². The van der Waals surface area contributed by atoms with Gasteiger partial charge in [0.25, 0.3) is 0 Å². The van der Waals surface area contributed by atoms with Gasteiger partial charge in [-0.15, -0.1) is 0 Å². The fourth-order valence-electron chi connectivity index (χ4n) is 1.58. The van der Waals surface area contributed by atoms with Crippen LogP contribution in [0.4, 0.5) is 0 Å². The number of aryl methyl sites for hydroxylation is 1. The van der Waals surface area contributed by atoms with Gasteiger partial charge in [0.05, 0.1) is 6.20 Å². The molecule has 0 aliphatic carbocycles. The molecule has 0 N–H and O–H groups in total. The van der Waals surface area contributed by atoms with Crippen LogP contribution in [0.1, 0.15) is 31.6 Å². The monoisotopic (exact) mass is 208 g/mol. The first kappa shape index (κ1) is 12.0. The predicted molar refractivity (Wildman–Crippen MR) is 62.7 cm³/mol. The standard InChI is InChI=1S/C10H14N2O.C2H6/c1-8-7-11-13-10(8)9-3-5-12(2)6-4-9;1-2/h3,7H,4-6H2,1-2H3;1-2H3. The minimum atomic E-state index is 0.966. The van der Waals surface area contributed by atoms with E-state index in [1.54, 1.807) is 6.20 Å². The Morgan fingerprint density at radius 1 is 1.40 bits per heavy atom. The van der Waals surface area contributed by atoms with Crippen LogP contribution < -0.4 is 0 Å². The zero-order valence-corrected chi connectivity index (χ0v) is 10.1. The maximum absolute atomic E-state index is 5.20. The smallest absolute Gasteiger partial charge is 0.165 e. The molecule has 1 aromatic rings. The van der Waals surface area contributed by atoms with Crippen LogP contribution in [-0.4, -0.2) is 30.2 Å². The molecule has 15 heavy (non-hydrogen) atoms. The van der Waals surface area contributed by atoms with E-state index >= 15 is 0 Å². The van der Waals surface area contributed by atoms with Gasteiger partial charge in [-0.1, -0.05) is 25.1 Å². The van der Waals surface area contributed by atoms with Crippen molar-refractivity contribution in [1.29, 1.82) is 0 Å². The van der Waals surface area contributed by atoms with Gasteiger partial charge < -0.3 is 9.42 Å². The summed E-state index contributed by atoms with van der Waals surface area (Å²) in [7, 11) is 2.13. The number of rotatable bonds is 1. The van der Waals surface area contributed by atoms with Gasteiger partial charge in [-0.25, -0.2) is 0 Å². The molecule has 0 aromatic carbocycles. The highest BCUT2D eigenvalue weighted by atomic mass is 16.5. The highest BCUT2D eigenvalue weighted by molar-refractivity contribution is 5.64. The van der Waals surface area contributed by atoms with Crippen LogP contribution in [0.3, 0.4) is 0 Å². The van der Waals surface area contributed by atoms with Crippen molar-refractivity contribution in [3.63, 3.8) is 0 Å². The summed E-state index contributed by atoms with van der Waals surface area (Å²) in [5, 5.41) is 3.79. The van der Waals surface area contributed by atoms with Crippen molar-refractivity contribution in [1.82, 2.24) is 10.1 Å². The molecule has 0 atom stereocenters. The Balaban J connectivity index is 0.000000531. The molecule has 0 amide bonds. The summed E-state index contributed by atoms with van der Waals surface area (Å²) >= 11 is 0. The highest BCUT2D eigenvalue weighted by Crippen LogP contribution is 2.23. The topological polar surface area (TPSA) is 29.3 Å². The number of nitrogens with zero attached hydrogens (tertiary/aromatic N) is 2. The van der Waals surface area contributed by atoms with Crippen LogP contribution in [0.25, 0.3) is 5.57 Å². The van der Waals surface area contributed by atoms with E-state index in [0.29, 0.717) is 0 Å². The Bertz CT molecular complexity index is 328. The van der Waals surface area contributed by atoms with E-state index in [1.165, 1.54) is 5.57 Å². The maximum atomic E-state index is 5.20. The van der Waals surface area contributed by atoms with Gasteiger partial charge in [-0.3, -0.25) is 0 Å². The molecule has 0 fully saturated rings. The summed E-state index contributed by atoms with van der Waals surface area (Å²) in [6, 6.07) is 0. The molecule has 3 heteroatoms. The zero-order valence-electron chi connectivity index (χ0n) is 10.1. The van der Waals surface area contributed by atoms with Gasteiger partial charge in [0.15, 0.2) is 5.76 Å². The Morgan fingerprint density at radius 3 is 2.60 bits per heavy atom. The van der Waals surface area contributed by atoms with Crippen LogP contribution in [-0.2, 0) is 0 Å². The fourth-order valence-corrected chi connectivity index (χ4v) is 1.58. The normalized spacial score (nSPS) is 16.7. The van der Waals surface area contributed by atoms with E-state index in [1.807, 2.05) is 20.8 Å². The van der Waals surface area contributed by atoms with Crippen LogP contribution in [0, 0.1) is 6.92 Å². The zero-order chi connectivity index (χ0) is 11.3. The molecule has 1 aromatic heterocycles. The molecule has 0 bridgehead atoms. The number of aromatic nitrogens is 1. The third-order valence-corrected chi connectivity index (χ3v) is 2.45. The second kappa shape index (κ2) is 5.71. The number of hydrogen-bond donors (Lipinski definition) is 0. The number of hydrogen-bond acceptors (Lipinski definition) is 3. The maximum Gasteiger partial charge on any atom is 0.165 e. The Labute approximate surface area is 91.8 Å². The van der Waals surface area contributed by atoms with Crippen molar-refractivity contribution >= 4 is 5.57 Å². The number of likely N-dealkylation sites (N-methyl/N-ethyl adjacent to an activating group) is 1. The lowest BCUT2D eigenvalue weighted by Crippen LogP contribution is -2.23. The lowest BCUT2D eigenvalue weighted by Gasteiger charge is -2.20. The van der Waals surface area contributed by atoms with Crippen LogP contribution in [0.5, 0.6) is 0 Å². The molecule has 0 spiro atoms. The second-order valence-corrected chi connectivity index (χ2v) is 3.58. The van der Waals surface area contributed by atoms with Crippen molar-refractivity contribution in [2.24, 2.45) is 0 Å². The van der Waals surface area contributed by atoms with Crippen LogP contribution in [0.2, 0.25) is 0 Å². The minimum absolute atomic E-state index is 0.966. The van der Waals surface area contributed by atoms with Gasteiger partial charge in [0.2, 0.25) is 0 Å². The lowest BCUT2D eigenvalue weighted by molar-refractivity contribution is 0.361. The van der Waals surface area contributed by atoms with Crippen molar-refractivity contribution in [2.75, 3.05) is 20.1 Å². The van der Waals surface area contributed by atoms with E-state index in [2.05, 4.69) is 23.2 Å². The average Bonchev–Trinajstić information content (AvgIpc) is 2.69. The van der Waals surface area contributed by atoms with Crippen molar-refractivity contribution in [3.05, 3.63) is 23.6 Å². The summed E-state index contributed by atoms with van der Waals surface area (Å²) in [4.78, 5) is 2.29. The van der Waals surface area contributed by atoms with E-state index in [9.17, 15) is 0 Å². The molecular weight excluding hydrogens is 188 g/mol. The predicted octanol–water partition coefficient (Wildman–Crippen LogP) is 2.73. The Kier molecular flexibility index (Phi) is 4.56. The Hall–Kier alpha value is -1.09. The third-order valence-electron chi connectivity index (χ3n) is 2.45. The molecule has 0 saturated carbocycles. The summed E-state index contributed by atoms with van der Waals surface area (Å²) in [6.45, 7) is 8.15. The first-order chi connectivity index (χ1) is 7.27. The van der Waals surface area contributed by atoms with Crippen molar-refractivity contribution in [2.45, 2.75) is 27.2 Å². The molecule has 1 aliphatic rings. The summed E-state index contributed by atoms with van der Waals surface area (Å²) in [5.41, 5.74) is 2.43. The van der Waals surface area contributed by atoms with Gasteiger partial charge >= 0.3 is 0 Å². The van der Waals surface area contributed by atoms with Crippen LogP contribution >= 0.6 is 0 Å². The van der Waals surface area contributed by atoms with Crippen molar-refractivity contribution < 1.29 is 4.52 Å². The molecule has 0 saturated heterocycles. The van der Waals surface area contributed by atoms with Crippen LogP contribution in [0.15, 0.2) is 16.8 Å². The quantitative estimate of drug-likeness (QED) is 0.710. The molecule has 84 valence electrons. The SMILES string of the molecule is CC.Cc1cnoc1C1=CCN(C)CC1. The third kappa shape index (κ3) is 2.93. The Morgan fingerprint density at radius 2 is 2.13 bits per heavy atom.